The van der Waals surface area contributed by atoms with Crippen LogP contribution in [0.4, 0.5) is 0 Å². The Hall–Kier alpha value is -1.63. The summed E-state index contributed by atoms with van der Waals surface area (Å²) >= 11 is 0. The van der Waals surface area contributed by atoms with Crippen molar-refractivity contribution in [1.29, 1.82) is 0 Å². The molecule has 0 heterocycles. The lowest BCUT2D eigenvalue weighted by molar-refractivity contribution is -0.208. The van der Waals surface area contributed by atoms with E-state index in [1.807, 2.05) is 0 Å². The number of aliphatic carboxylic acids is 3. The molecule has 73 heavy (non-hydrogen) atoms. The van der Waals surface area contributed by atoms with Crippen LogP contribution in [0.25, 0.3) is 0 Å². The van der Waals surface area contributed by atoms with Crippen LogP contribution in [0.1, 0.15) is 369 Å². The van der Waals surface area contributed by atoms with Gasteiger partial charge in [-0.3, -0.25) is 9.59 Å². The first-order valence-corrected chi connectivity index (χ1v) is 32.6. The second kappa shape index (κ2) is 51.1. The molecule has 0 aliphatic heterocycles. The Kier molecular flexibility index (Phi) is 50.0. The Bertz CT molecular complexity index is 1170. The molecule has 1 unspecified atom stereocenters. The summed E-state index contributed by atoms with van der Waals surface area (Å²) in [5.41, 5.74) is -4.13. The highest BCUT2D eigenvalue weighted by atomic mass is 16.5. The van der Waals surface area contributed by atoms with Crippen LogP contribution in [0.2, 0.25) is 0 Å². The van der Waals surface area contributed by atoms with E-state index in [4.69, 9.17) is 4.74 Å². The van der Waals surface area contributed by atoms with Crippen molar-refractivity contribution in [2.45, 2.75) is 375 Å². The third-order valence-corrected chi connectivity index (χ3v) is 16.5. The molecule has 0 rings (SSSR count). The van der Waals surface area contributed by atoms with Crippen LogP contribution in [-0.4, -0.2) is 45.4 Å². The lowest BCUT2D eigenvalue weighted by atomic mass is 9.63. The standard InChI is InChI=1S/C66H128O7/c1-59(2)52-46-40-34-28-22-16-10-7-13-19-25-31-37-43-49-55-65(63(69)70,56-50-44-38-32-26-20-14-8-11-17-23-29-35-41-47-53-60(3)4)66(64(71)72,58-62(67)68)73-57-51-45-39-33-27-21-15-9-12-18-24-30-36-42-48-54-61(5)6/h59-61H,7-58H2,1-6H3,(H,67,68)(H,69,70)(H,71,72). The highest BCUT2D eigenvalue weighted by Crippen LogP contribution is 2.47. The summed E-state index contributed by atoms with van der Waals surface area (Å²) in [4.78, 5) is 39.6. The van der Waals surface area contributed by atoms with Gasteiger partial charge in [0.05, 0.1) is 6.42 Å². The zero-order chi connectivity index (χ0) is 53.9. The van der Waals surface area contributed by atoms with Crippen molar-refractivity contribution < 1.29 is 34.4 Å². The van der Waals surface area contributed by atoms with Gasteiger partial charge in [-0.15, -0.1) is 0 Å². The number of rotatable bonds is 60. The number of carbonyl (C=O) groups is 3. The topological polar surface area (TPSA) is 121 Å². The fourth-order valence-corrected chi connectivity index (χ4v) is 11.6. The van der Waals surface area contributed by atoms with Crippen molar-refractivity contribution in [2.24, 2.45) is 23.2 Å². The second-order valence-electron chi connectivity index (χ2n) is 24.9. The third kappa shape index (κ3) is 42.1. The van der Waals surface area contributed by atoms with Crippen molar-refractivity contribution in [3.8, 4) is 0 Å². The Labute approximate surface area is 454 Å². The quantitative estimate of drug-likeness (QED) is 0.0519. The van der Waals surface area contributed by atoms with Gasteiger partial charge in [0.25, 0.3) is 0 Å². The molecular formula is C66H128O7. The van der Waals surface area contributed by atoms with E-state index in [1.54, 1.807) is 0 Å². The van der Waals surface area contributed by atoms with Crippen LogP contribution in [0.3, 0.4) is 0 Å². The SMILES string of the molecule is CC(C)CCCCCCCCCCCCCCCCCOC(CC(=O)O)(C(=O)O)C(CCCCCCCCCCCCCCCCCC(C)C)(CCCCCCCCCCCCCCCCCC(C)C)C(=O)O. The van der Waals surface area contributed by atoms with E-state index in [1.165, 1.54) is 231 Å². The molecule has 0 aliphatic rings. The van der Waals surface area contributed by atoms with Crippen LogP contribution in [0.5, 0.6) is 0 Å². The van der Waals surface area contributed by atoms with Crippen LogP contribution >= 0.6 is 0 Å². The van der Waals surface area contributed by atoms with Gasteiger partial charge >= 0.3 is 17.9 Å². The molecule has 7 heteroatoms. The predicted molar refractivity (Wildman–Crippen MR) is 314 cm³/mol. The van der Waals surface area contributed by atoms with Gasteiger partial charge < -0.3 is 20.1 Å². The zero-order valence-corrected chi connectivity index (χ0v) is 50.0. The summed E-state index contributed by atoms with van der Waals surface area (Å²) in [5, 5.41) is 32.3. The maximum Gasteiger partial charge on any atom is 0.337 e. The molecule has 0 spiro atoms. The highest BCUT2D eigenvalue weighted by Gasteiger charge is 2.63. The molecule has 0 aromatic carbocycles. The number of ether oxygens (including phenoxy) is 1. The van der Waals surface area contributed by atoms with Crippen LogP contribution < -0.4 is 0 Å². The van der Waals surface area contributed by atoms with Gasteiger partial charge in [0, 0.05) is 6.61 Å². The van der Waals surface area contributed by atoms with E-state index in [2.05, 4.69) is 41.5 Å². The average molecular weight is 1030 g/mol. The molecular weight excluding hydrogens is 905 g/mol. The minimum Gasteiger partial charge on any atom is -0.481 e. The number of unbranched alkanes of at least 4 members (excludes halogenated alkanes) is 42. The highest BCUT2D eigenvalue weighted by molar-refractivity contribution is 5.92. The Balaban J connectivity index is 5.10. The Morgan fingerprint density at radius 1 is 0.301 bits per heavy atom. The maximum atomic E-state index is 13.6. The zero-order valence-electron chi connectivity index (χ0n) is 50.0. The van der Waals surface area contributed by atoms with Crippen molar-refractivity contribution in [3.05, 3.63) is 0 Å². The molecule has 7 nitrogen and oxygen atoms in total. The monoisotopic (exact) mass is 1030 g/mol. The van der Waals surface area contributed by atoms with E-state index < -0.39 is 35.3 Å². The molecule has 434 valence electrons. The minimum atomic E-state index is -2.32. The van der Waals surface area contributed by atoms with Gasteiger partial charge in [0.15, 0.2) is 5.60 Å². The van der Waals surface area contributed by atoms with Crippen LogP contribution in [0, 0.1) is 23.2 Å². The summed E-state index contributed by atoms with van der Waals surface area (Å²) in [7, 11) is 0. The third-order valence-electron chi connectivity index (χ3n) is 16.5. The first-order valence-electron chi connectivity index (χ1n) is 32.6. The fraction of sp³-hybridized carbons (Fsp3) is 0.955. The molecule has 0 fully saturated rings. The molecule has 3 N–H and O–H groups in total. The molecule has 0 saturated heterocycles. The maximum absolute atomic E-state index is 13.6. The summed E-state index contributed by atoms with van der Waals surface area (Å²) in [5.74, 6) is -1.51. The molecule has 0 aromatic heterocycles. The first-order chi connectivity index (χ1) is 35.3. The summed E-state index contributed by atoms with van der Waals surface area (Å²) in [6, 6.07) is 0. The van der Waals surface area contributed by atoms with Gasteiger partial charge in [0.1, 0.15) is 5.41 Å². The minimum absolute atomic E-state index is 0.0587. The smallest absolute Gasteiger partial charge is 0.337 e. The van der Waals surface area contributed by atoms with E-state index in [0.717, 1.165) is 75.5 Å². The van der Waals surface area contributed by atoms with Crippen molar-refractivity contribution in [3.63, 3.8) is 0 Å². The van der Waals surface area contributed by atoms with Gasteiger partial charge in [-0.1, -0.05) is 343 Å². The van der Waals surface area contributed by atoms with Crippen molar-refractivity contribution in [1.82, 2.24) is 0 Å². The average Bonchev–Trinajstić information content (AvgIpc) is 3.33. The molecule has 0 aromatic rings. The number of hydrogen-bond acceptors (Lipinski definition) is 4. The second-order valence-corrected chi connectivity index (χ2v) is 24.9. The fourth-order valence-electron chi connectivity index (χ4n) is 11.6. The number of carboxylic acid groups (broad SMARTS) is 3. The molecule has 0 amide bonds. The summed E-state index contributed by atoms with van der Waals surface area (Å²) < 4.78 is 6.27. The predicted octanol–water partition coefficient (Wildman–Crippen LogP) is 21.8. The number of carboxylic acids is 3. The molecule has 0 aliphatic carbocycles. The largest absolute Gasteiger partial charge is 0.481 e. The summed E-state index contributed by atoms with van der Waals surface area (Å²) in [6.07, 6.45) is 57.5. The normalized spacial score (nSPS) is 12.9. The van der Waals surface area contributed by atoms with Gasteiger partial charge in [-0.05, 0) is 37.0 Å². The van der Waals surface area contributed by atoms with E-state index in [-0.39, 0.29) is 19.4 Å². The van der Waals surface area contributed by atoms with Crippen LogP contribution in [-0.2, 0) is 19.1 Å². The lowest BCUT2D eigenvalue weighted by Crippen LogP contribution is -2.61. The molecule has 0 bridgehead atoms. The van der Waals surface area contributed by atoms with Gasteiger partial charge in [-0.2, -0.15) is 0 Å². The lowest BCUT2D eigenvalue weighted by Gasteiger charge is -2.44. The molecule has 0 saturated carbocycles. The first kappa shape index (κ1) is 71.4. The Morgan fingerprint density at radius 2 is 0.507 bits per heavy atom. The summed E-state index contributed by atoms with van der Waals surface area (Å²) in [6.45, 7) is 13.9. The van der Waals surface area contributed by atoms with E-state index >= 15 is 0 Å². The molecule has 1 atom stereocenters. The van der Waals surface area contributed by atoms with Crippen molar-refractivity contribution >= 4 is 17.9 Å². The van der Waals surface area contributed by atoms with Crippen molar-refractivity contribution in [2.75, 3.05) is 6.61 Å². The van der Waals surface area contributed by atoms with Gasteiger partial charge in [-0.25, -0.2) is 4.79 Å². The number of hydrogen-bond donors (Lipinski definition) is 3. The van der Waals surface area contributed by atoms with E-state index in [0.29, 0.717) is 19.3 Å². The van der Waals surface area contributed by atoms with Gasteiger partial charge in [0.2, 0.25) is 0 Å². The van der Waals surface area contributed by atoms with Crippen LogP contribution in [0.15, 0.2) is 0 Å². The molecule has 0 radical (unpaired) electrons. The Morgan fingerprint density at radius 3 is 0.699 bits per heavy atom. The van der Waals surface area contributed by atoms with E-state index in [9.17, 15) is 29.7 Å².